The minimum Gasteiger partial charge on any atom is -0.480 e. The maximum absolute atomic E-state index is 12.6. The van der Waals surface area contributed by atoms with Gasteiger partial charge in [-0.05, 0) is 19.8 Å². The first kappa shape index (κ1) is 33.8. The molecule has 0 spiro atoms. The van der Waals surface area contributed by atoms with Crippen LogP contribution in [0.15, 0.2) is 4.99 Å². The van der Waals surface area contributed by atoms with Gasteiger partial charge in [-0.3, -0.25) is 24.2 Å². The first-order valence-electron chi connectivity index (χ1n) is 11.0. The Kier molecular flexibility index (Phi) is 15.8. The molecule has 0 saturated carbocycles. The molecule has 0 radical (unpaired) electrons. The molecule has 6 atom stereocenters. The summed E-state index contributed by atoms with van der Waals surface area (Å²) in [4.78, 5) is 64.6. The van der Waals surface area contributed by atoms with E-state index < -0.39 is 79.1 Å². The van der Waals surface area contributed by atoms with E-state index in [1.807, 2.05) is 0 Å². The average molecular weight is 553 g/mol. The Morgan fingerprint density at radius 3 is 1.68 bits per heavy atom. The molecule has 17 nitrogen and oxygen atoms in total. The van der Waals surface area contributed by atoms with E-state index in [1.165, 1.54) is 6.92 Å². The van der Waals surface area contributed by atoms with Crippen LogP contribution >= 0.6 is 12.6 Å². The highest BCUT2D eigenvalue weighted by Gasteiger charge is 2.31. The van der Waals surface area contributed by atoms with Gasteiger partial charge < -0.3 is 58.9 Å². The number of hydrogen-bond acceptors (Lipinski definition) is 11. The summed E-state index contributed by atoms with van der Waals surface area (Å²) < 4.78 is 0. The Balaban J connectivity index is 5.15. The SMILES string of the molecule is C[C@@H](O)[C@H](N)C(=O)N[C@@H](CO)C(=O)N[C@@H](CO)C(=O)N[C@@H](CS)C(=O)N[C@@H](CCCN=C(N)N)C(=O)O. The number of rotatable bonds is 17. The van der Waals surface area contributed by atoms with Gasteiger partial charge in [0, 0.05) is 12.3 Å². The summed E-state index contributed by atoms with van der Waals surface area (Å²) in [5.74, 6) is -5.72. The summed E-state index contributed by atoms with van der Waals surface area (Å²) in [6, 6.07) is -7.25. The van der Waals surface area contributed by atoms with Crippen molar-refractivity contribution in [1.82, 2.24) is 21.3 Å². The van der Waals surface area contributed by atoms with Crippen molar-refractivity contribution in [3.05, 3.63) is 0 Å². The fraction of sp³-hybridized carbons (Fsp3) is 0.684. The number of carbonyl (C=O) groups is 5. The van der Waals surface area contributed by atoms with Gasteiger partial charge in [0.1, 0.15) is 30.2 Å². The lowest BCUT2D eigenvalue weighted by molar-refractivity contribution is -0.142. The summed E-state index contributed by atoms with van der Waals surface area (Å²) >= 11 is 3.97. The van der Waals surface area contributed by atoms with Gasteiger partial charge in [0.05, 0.1) is 19.3 Å². The zero-order valence-corrected chi connectivity index (χ0v) is 21.1. The molecular weight excluding hydrogens is 516 g/mol. The van der Waals surface area contributed by atoms with Crippen LogP contribution in [0.2, 0.25) is 0 Å². The van der Waals surface area contributed by atoms with Crippen LogP contribution in [0, 0.1) is 0 Å². The van der Waals surface area contributed by atoms with Crippen molar-refractivity contribution in [3.8, 4) is 0 Å². The molecule has 4 amide bonds. The predicted octanol–water partition coefficient (Wildman–Crippen LogP) is -6.31. The number of carboxylic acid groups (broad SMARTS) is 1. The molecule has 0 aromatic rings. The number of aliphatic carboxylic acids is 1. The maximum Gasteiger partial charge on any atom is 0.326 e. The summed E-state index contributed by atoms with van der Waals surface area (Å²) in [5, 5.41) is 46.3. The maximum atomic E-state index is 12.6. The van der Waals surface area contributed by atoms with Crippen molar-refractivity contribution in [3.63, 3.8) is 0 Å². The fourth-order valence-corrected chi connectivity index (χ4v) is 2.90. The van der Waals surface area contributed by atoms with Gasteiger partial charge in [-0.25, -0.2) is 4.79 Å². The number of thiol groups is 1. The summed E-state index contributed by atoms with van der Waals surface area (Å²) in [6.45, 7) is -0.456. The largest absolute Gasteiger partial charge is 0.480 e. The van der Waals surface area contributed by atoms with Gasteiger partial charge in [-0.2, -0.15) is 12.6 Å². The molecule has 0 unspecified atom stereocenters. The molecule has 37 heavy (non-hydrogen) atoms. The third kappa shape index (κ3) is 12.6. The summed E-state index contributed by atoms with van der Waals surface area (Å²) in [6.07, 6.45) is -1.04. The van der Waals surface area contributed by atoms with Crippen molar-refractivity contribution in [1.29, 1.82) is 0 Å². The highest BCUT2D eigenvalue weighted by atomic mass is 32.1. The van der Waals surface area contributed by atoms with Crippen LogP contribution in [0.1, 0.15) is 19.8 Å². The normalized spacial score (nSPS) is 15.6. The predicted molar refractivity (Wildman–Crippen MR) is 133 cm³/mol. The number of amides is 4. The highest BCUT2D eigenvalue weighted by Crippen LogP contribution is 2.01. The third-order valence-corrected chi connectivity index (χ3v) is 5.19. The molecule has 0 fully saturated rings. The zero-order chi connectivity index (χ0) is 28.7. The Labute approximate surface area is 218 Å². The lowest BCUT2D eigenvalue weighted by Crippen LogP contribution is -2.60. The van der Waals surface area contributed by atoms with E-state index in [2.05, 4.69) is 38.9 Å². The Hall–Kier alpha value is -3.19. The third-order valence-electron chi connectivity index (χ3n) is 4.83. The van der Waals surface area contributed by atoms with Gasteiger partial charge in [-0.1, -0.05) is 0 Å². The lowest BCUT2D eigenvalue weighted by atomic mass is 10.1. The van der Waals surface area contributed by atoms with Gasteiger partial charge >= 0.3 is 5.97 Å². The van der Waals surface area contributed by atoms with Gasteiger partial charge in [0.2, 0.25) is 23.6 Å². The number of aliphatic hydroxyl groups is 3. The number of aliphatic imine (C=N–C) groups is 1. The number of aliphatic hydroxyl groups excluding tert-OH is 3. The van der Waals surface area contributed by atoms with E-state index in [0.717, 1.165) is 0 Å². The van der Waals surface area contributed by atoms with E-state index in [9.17, 15) is 44.4 Å². The molecule has 0 aliphatic rings. The molecule has 0 aliphatic heterocycles. The van der Waals surface area contributed by atoms with Crippen LogP contribution in [-0.2, 0) is 24.0 Å². The van der Waals surface area contributed by atoms with Crippen molar-refractivity contribution in [2.75, 3.05) is 25.5 Å². The van der Waals surface area contributed by atoms with Crippen LogP contribution in [0.3, 0.4) is 0 Å². The first-order chi connectivity index (χ1) is 17.3. The van der Waals surface area contributed by atoms with Crippen molar-refractivity contribution in [2.24, 2.45) is 22.2 Å². The van der Waals surface area contributed by atoms with Crippen LogP contribution in [-0.4, -0.2) is 118 Å². The standard InChI is InChI=1S/C19H36N8O9S/c1-8(30)13(20)17(34)26-11(6-29)14(31)25-10(5-28)15(32)27-12(7-37)16(33)24-9(18(35)36)3-2-4-23-19(21)22/h8-13,28-30,37H,2-7,20H2,1H3,(H,24,33)(H,25,31)(H,26,34)(H,27,32)(H,35,36)(H4,21,22,23)/t8-,9+,10+,11+,12+,13+/m1/s1. The van der Waals surface area contributed by atoms with Gasteiger partial charge in [0.25, 0.3) is 0 Å². The Morgan fingerprint density at radius 1 is 0.838 bits per heavy atom. The van der Waals surface area contributed by atoms with Crippen LogP contribution in [0.5, 0.6) is 0 Å². The zero-order valence-electron chi connectivity index (χ0n) is 20.2. The molecule has 0 aromatic heterocycles. The van der Waals surface area contributed by atoms with E-state index in [1.54, 1.807) is 0 Å². The number of carboxylic acids is 1. The van der Waals surface area contributed by atoms with Crippen LogP contribution in [0.4, 0.5) is 0 Å². The highest BCUT2D eigenvalue weighted by molar-refractivity contribution is 7.80. The molecule has 0 heterocycles. The number of carbonyl (C=O) groups excluding carboxylic acids is 4. The molecule has 0 rings (SSSR count). The van der Waals surface area contributed by atoms with Gasteiger partial charge in [-0.15, -0.1) is 0 Å². The molecule has 18 heteroatoms. The first-order valence-corrected chi connectivity index (χ1v) is 11.7. The Bertz CT molecular complexity index is 825. The number of nitrogens with one attached hydrogen (secondary N) is 4. The van der Waals surface area contributed by atoms with E-state index in [4.69, 9.17) is 17.2 Å². The quantitative estimate of drug-likeness (QED) is 0.0347. The molecule has 0 saturated heterocycles. The minimum absolute atomic E-state index is 0.0204. The van der Waals surface area contributed by atoms with Crippen molar-refractivity contribution < 1.29 is 44.4 Å². The van der Waals surface area contributed by atoms with E-state index in [-0.39, 0.29) is 31.1 Å². The molecule has 212 valence electrons. The molecule has 14 N–H and O–H groups in total. The van der Waals surface area contributed by atoms with Crippen LogP contribution < -0.4 is 38.5 Å². The minimum atomic E-state index is -1.62. The second-order valence-electron chi connectivity index (χ2n) is 7.85. The van der Waals surface area contributed by atoms with Crippen molar-refractivity contribution >= 4 is 48.2 Å². The smallest absolute Gasteiger partial charge is 0.326 e. The average Bonchev–Trinajstić information content (AvgIpc) is 2.84. The monoisotopic (exact) mass is 552 g/mol. The fourth-order valence-electron chi connectivity index (χ4n) is 2.65. The molecule has 0 aliphatic carbocycles. The number of nitrogens with zero attached hydrogens (tertiary/aromatic N) is 1. The molecule has 0 aromatic carbocycles. The second-order valence-corrected chi connectivity index (χ2v) is 8.21. The Morgan fingerprint density at radius 2 is 1.27 bits per heavy atom. The van der Waals surface area contributed by atoms with Crippen LogP contribution in [0.25, 0.3) is 0 Å². The number of hydrogen-bond donors (Lipinski definition) is 12. The lowest BCUT2D eigenvalue weighted by Gasteiger charge is -2.24. The van der Waals surface area contributed by atoms with E-state index in [0.29, 0.717) is 0 Å². The molecular formula is C19H36N8O9S. The summed E-state index contributed by atoms with van der Waals surface area (Å²) in [5.41, 5.74) is 15.8. The molecule has 0 bridgehead atoms. The number of nitrogens with two attached hydrogens (primary N) is 3. The summed E-state index contributed by atoms with van der Waals surface area (Å²) in [7, 11) is 0. The second kappa shape index (κ2) is 17.3. The topological polar surface area (TPSA) is 305 Å². The van der Waals surface area contributed by atoms with Crippen molar-refractivity contribution in [2.45, 2.75) is 56.1 Å². The van der Waals surface area contributed by atoms with E-state index >= 15 is 0 Å². The number of guanidine groups is 1. The van der Waals surface area contributed by atoms with Gasteiger partial charge in [0.15, 0.2) is 5.96 Å².